The maximum absolute atomic E-state index is 12.7. The fourth-order valence-corrected chi connectivity index (χ4v) is 1.00. The van der Waals surface area contributed by atoms with E-state index in [0.29, 0.717) is 5.56 Å². The predicted molar refractivity (Wildman–Crippen MR) is 49.2 cm³/mol. The third-order valence-corrected chi connectivity index (χ3v) is 1.74. The van der Waals surface area contributed by atoms with Gasteiger partial charge in [-0.3, -0.25) is 0 Å². The summed E-state index contributed by atoms with van der Waals surface area (Å²) in [6.07, 6.45) is 0.887. The molecular formula is C9H8BF4-. The largest absolute Gasteiger partial charge is 0.502 e. The van der Waals surface area contributed by atoms with Crippen molar-refractivity contribution in [3.05, 3.63) is 41.1 Å². The Bertz CT molecular complexity index is 354. The monoisotopic (exact) mass is 203 g/mol. The molecule has 0 saturated carbocycles. The lowest BCUT2D eigenvalue weighted by Crippen LogP contribution is -2.09. The summed E-state index contributed by atoms with van der Waals surface area (Å²) in [6, 6.07) is 3.73. The Morgan fingerprint density at radius 2 is 1.86 bits per heavy atom. The van der Waals surface area contributed by atoms with E-state index in [4.69, 9.17) is 0 Å². The van der Waals surface area contributed by atoms with Crippen LogP contribution in [0.5, 0.6) is 0 Å². The van der Waals surface area contributed by atoms with Crippen LogP contribution in [-0.2, 0) is 0 Å². The molecular weight excluding hydrogens is 195 g/mol. The molecule has 0 saturated heterocycles. The average Bonchev–Trinajstić information content (AvgIpc) is 2.05. The number of rotatable bonds is 2. The second kappa shape index (κ2) is 3.86. The Balaban J connectivity index is 2.97. The molecule has 0 fully saturated rings. The Morgan fingerprint density at radius 3 is 2.43 bits per heavy atom. The highest BCUT2D eigenvalue weighted by Crippen LogP contribution is 2.16. The zero-order valence-corrected chi connectivity index (χ0v) is 7.48. The maximum atomic E-state index is 12.7. The van der Waals surface area contributed by atoms with E-state index in [1.807, 2.05) is 0 Å². The SMILES string of the molecule is Cc1ccc(F)cc1/C=C/[B-](F)(F)F. The molecule has 0 unspecified atom stereocenters. The van der Waals surface area contributed by atoms with Crippen molar-refractivity contribution in [1.29, 1.82) is 0 Å². The molecule has 0 aliphatic carbocycles. The lowest BCUT2D eigenvalue weighted by atomic mass is 9.90. The minimum Gasteiger partial charge on any atom is -0.445 e. The molecule has 1 rings (SSSR count). The molecule has 1 aromatic rings. The van der Waals surface area contributed by atoms with E-state index in [2.05, 4.69) is 0 Å². The van der Waals surface area contributed by atoms with Gasteiger partial charge in [-0.1, -0.05) is 12.1 Å². The highest BCUT2D eigenvalue weighted by molar-refractivity contribution is 6.64. The fourth-order valence-electron chi connectivity index (χ4n) is 1.00. The van der Waals surface area contributed by atoms with Crippen molar-refractivity contribution in [1.82, 2.24) is 0 Å². The van der Waals surface area contributed by atoms with Gasteiger partial charge in [0.1, 0.15) is 5.82 Å². The minimum absolute atomic E-state index is 0.155. The van der Waals surface area contributed by atoms with Gasteiger partial charge < -0.3 is 12.9 Å². The van der Waals surface area contributed by atoms with Gasteiger partial charge in [-0.05, 0) is 30.2 Å². The number of aryl methyl sites for hydroxylation is 1. The first-order chi connectivity index (χ1) is 6.38. The van der Waals surface area contributed by atoms with Crippen molar-refractivity contribution in [3.8, 4) is 0 Å². The highest BCUT2D eigenvalue weighted by Gasteiger charge is 2.17. The molecule has 0 aliphatic rings. The summed E-state index contributed by atoms with van der Waals surface area (Å²) in [5, 5.41) is 0. The Kier molecular flexibility index (Phi) is 2.98. The van der Waals surface area contributed by atoms with Crippen LogP contribution in [0.25, 0.3) is 6.08 Å². The fraction of sp³-hybridized carbons (Fsp3) is 0.111. The van der Waals surface area contributed by atoms with Crippen LogP contribution in [0, 0.1) is 12.7 Å². The number of hydrogen-bond acceptors (Lipinski definition) is 0. The van der Waals surface area contributed by atoms with Gasteiger partial charge >= 0.3 is 6.98 Å². The van der Waals surface area contributed by atoms with Crippen molar-refractivity contribution in [2.75, 3.05) is 0 Å². The Labute approximate surface area is 79.3 Å². The number of hydrogen-bond donors (Lipinski definition) is 0. The molecule has 0 N–H and O–H groups in total. The Hall–Kier alpha value is -1.26. The molecule has 0 aliphatic heterocycles. The van der Waals surface area contributed by atoms with Crippen LogP contribution in [0.2, 0.25) is 0 Å². The van der Waals surface area contributed by atoms with Crippen LogP contribution in [0.3, 0.4) is 0 Å². The Morgan fingerprint density at radius 1 is 1.21 bits per heavy atom. The first kappa shape index (κ1) is 10.8. The molecule has 0 heterocycles. The molecule has 0 radical (unpaired) electrons. The first-order valence-electron chi connectivity index (χ1n) is 4.04. The first-order valence-corrected chi connectivity index (χ1v) is 4.04. The highest BCUT2D eigenvalue weighted by atomic mass is 19.4. The van der Waals surface area contributed by atoms with Crippen molar-refractivity contribution in [2.24, 2.45) is 0 Å². The average molecular weight is 203 g/mol. The normalized spacial score (nSPS) is 12.4. The van der Waals surface area contributed by atoms with E-state index in [0.717, 1.165) is 12.1 Å². The van der Waals surface area contributed by atoms with E-state index >= 15 is 0 Å². The summed E-state index contributed by atoms with van der Waals surface area (Å²) in [7, 11) is 0. The lowest BCUT2D eigenvalue weighted by molar-refractivity contribution is 0.499. The molecule has 0 atom stereocenters. The van der Waals surface area contributed by atoms with Gasteiger partial charge in [0.05, 0.1) is 0 Å². The summed E-state index contributed by atoms with van der Waals surface area (Å²) in [5.41, 5.74) is 0.868. The number of halogens is 4. The summed E-state index contributed by atoms with van der Waals surface area (Å²) < 4.78 is 48.2. The third kappa shape index (κ3) is 3.24. The second-order valence-corrected chi connectivity index (χ2v) is 2.99. The van der Waals surface area contributed by atoms with Gasteiger partial charge in [-0.15, -0.1) is 5.98 Å². The molecule has 5 heteroatoms. The molecule has 0 aromatic heterocycles. The van der Waals surface area contributed by atoms with Crippen LogP contribution in [0.4, 0.5) is 17.3 Å². The standard InChI is InChI=1S/C9H8BF4/c1-7-2-3-9(11)6-8(7)4-5-10(12,13)14/h2-6H,1H3/q-1/b5-4+. The van der Waals surface area contributed by atoms with Crippen LogP contribution in [0.1, 0.15) is 11.1 Å². The second-order valence-electron chi connectivity index (χ2n) is 2.99. The van der Waals surface area contributed by atoms with Gasteiger partial charge in [0.15, 0.2) is 0 Å². The van der Waals surface area contributed by atoms with Crippen molar-refractivity contribution in [3.63, 3.8) is 0 Å². The molecule has 14 heavy (non-hydrogen) atoms. The molecule has 0 amide bonds. The molecule has 76 valence electrons. The van der Waals surface area contributed by atoms with Gasteiger partial charge in [-0.25, -0.2) is 4.39 Å². The van der Waals surface area contributed by atoms with Crippen LogP contribution >= 0.6 is 0 Å². The summed E-state index contributed by atoms with van der Waals surface area (Å²) in [4.78, 5) is 0. The van der Waals surface area contributed by atoms with Crippen molar-refractivity contribution >= 4 is 13.1 Å². The predicted octanol–water partition coefficient (Wildman–Crippen LogP) is 3.53. The van der Waals surface area contributed by atoms with Crippen molar-refractivity contribution in [2.45, 2.75) is 6.92 Å². The van der Waals surface area contributed by atoms with Gasteiger partial charge in [0, 0.05) is 0 Å². The molecule has 0 bridgehead atoms. The van der Waals surface area contributed by atoms with Crippen LogP contribution in [0.15, 0.2) is 24.2 Å². The molecule has 0 nitrogen and oxygen atoms in total. The number of benzene rings is 1. The summed E-state index contributed by atoms with van der Waals surface area (Å²) >= 11 is 0. The van der Waals surface area contributed by atoms with Gasteiger partial charge in [0.25, 0.3) is 0 Å². The summed E-state index contributed by atoms with van der Waals surface area (Å²) in [6.45, 7) is -3.33. The third-order valence-electron chi connectivity index (χ3n) is 1.74. The van der Waals surface area contributed by atoms with Crippen molar-refractivity contribution < 1.29 is 17.3 Å². The van der Waals surface area contributed by atoms with E-state index < -0.39 is 12.8 Å². The minimum atomic E-state index is -4.96. The lowest BCUT2D eigenvalue weighted by Gasteiger charge is -2.07. The quantitative estimate of drug-likeness (QED) is 0.509. The molecule has 0 spiro atoms. The van der Waals surface area contributed by atoms with E-state index in [-0.39, 0.29) is 11.5 Å². The van der Waals surface area contributed by atoms with Crippen LogP contribution in [-0.4, -0.2) is 6.98 Å². The maximum Gasteiger partial charge on any atom is 0.502 e. The smallest absolute Gasteiger partial charge is 0.445 e. The van der Waals surface area contributed by atoms with Crippen LogP contribution < -0.4 is 0 Å². The van der Waals surface area contributed by atoms with E-state index in [1.165, 1.54) is 12.1 Å². The summed E-state index contributed by atoms with van der Waals surface area (Å²) in [5.74, 6) is -0.383. The van der Waals surface area contributed by atoms with E-state index in [1.54, 1.807) is 6.92 Å². The van der Waals surface area contributed by atoms with Gasteiger partial charge in [-0.2, -0.15) is 0 Å². The topological polar surface area (TPSA) is 0 Å². The zero-order valence-electron chi connectivity index (χ0n) is 7.48. The zero-order chi connectivity index (χ0) is 10.8. The van der Waals surface area contributed by atoms with E-state index in [9.17, 15) is 17.3 Å². The van der Waals surface area contributed by atoms with Gasteiger partial charge in [0.2, 0.25) is 0 Å². The molecule has 1 aromatic carbocycles.